The quantitative estimate of drug-likeness (QED) is 0.776. The highest BCUT2D eigenvalue weighted by Crippen LogP contribution is 2.15. The SMILES string of the molecule is CCN(CC(O)c1ccc(C)cc1)C(=O)C(N)COC. The predicted octanol–water partition coefficient (Wildman–Crippen LogP) is 0.851. The lowest BCUT2D eigenvalue weighted by molar-refractivity contribution is -0.135. The van der Waals surface area contributed by atoms with E-state index >= 15 is 0 Å². The maximum atomic E-state index is 12.1. The number of likely N-dealkylation sites (N-methyl/N-ethyl adjacent to an activating group) is 1. The van der Waals surface area contributed by atoms with Crippen LogP contribution in [-0.2, 0) is 9.53 Å². The molecule has 0 heterocycles. The van der Waals surface area contributed by atoms with Crippen molar-refractivity contribution in [3.63, 3.8) is 0 Å². The molecule has 2 unspecified atom stereocenters. The molecular formula is C15H24N2O3. The molecule has 0 aromatic heterocycles. The minimum absolute atomic E-state index is 0.177. The molecule has 3 N–H and O–H groups in total. The number of nitrogens with two attached hydrogens (primary N) is 1. The maximum absolute atomic E-state index is 12.1. The van der Waals surface area contributed by atoms with Gasteiger partial charge in [0, 0.05) is 13.7 Å². The van der Waals surface area contributed by atoms with Crippen molar-refractivity contribution < 1.29 is 14.6 Å². The van der Waals surface area contributed by atoms with Gasteiger partial charge in [0.15, 0.2) is 0 Å². The summed E-state index contributed by atoms with van der Waals surface area (Å²) in [6.07, 6.45) is -0.714. The summed E-state index contributed by atoms with van der Waals surface area (Å²) < 4.78 is 4.89. The van der Waals surface area contributed by atoms with Crippen molar-refractivity contribution in [3.05, 3.63) is 35.4 Å². The molecule has 0 aliphatic heterocycles. The molecule has 0 saturated carbocycles. The number of carbonyl (C=O) groups is 1. The molecule has 1 rings (SSSR count). The maximum Gasteiger partial charge on any atom is 0.241 e. The molecular weight excluding hydrogens is 256 g/mol. The minimum Gasteiger partial charge on any atom is -0.387 e. The zero-order valence-corrected chi connectivity index (χ0v) is 12.4. The number of benzene rings is 1. The van der Waals surface area contributed by atoms with Crippen LogP contribution in [0, 0.1) is 6.92 Å². The largest absolute Gasteiger partial charge is 0.387 e. The first kappa shape index (κ1) is 16.6. The molecule has 5 nitrogen and oxygen atoms in total. The molecule has 0 spiro atoms. The number of aryl methyl sites for hydroxylation is 1. The van der Waals surface area contributed by atoms with Gasteiger partial charge in [-0.2, -0.15) is 0 Å². The summed E-state index contributed by atoms with van der Waals surface area (Å²) >= 11 is 0. The van der Waals surface area contributed by atoms with E-state index in [1.165, 1.54) is 7.11 Å². The van der Waals surface area contributed by atoms with Crippen LogP contribution in [0.1, 0.15) is 24.2 Å². The zero-order chi connectivity index (χ0) is 15.1. The van der Waals surface area contributed by atoms with E-state index < -0.39 is 12.1 Å². The number of amides is 1. The van der Waals surface area contributed by atoms with E-state index in [0.29, 0.717) is 6.54 Å². The molecule has 0 radical (unpaired) electrons. The van der Waals surface area contributed by atoms with Gasteiger partial charge in [-0.05, 0) is 19.4 Å². The molecule has 1 aromatic rings. The fourth-order valence-electron chi connectivity index (χ4n) is 1.96. The first-order valence-electron chi connectivity index (χ1n) is 6.77. The Morgan fingerprint density at radius 3 is 2.50 bits per heavy atom. The molecule has 112 valence electrons. The van der Waals surface area contributed by atoms with Gasteiger partial charge in [-0.15, -0.1) is 0 Å². The van der Waals surface area contributed by atoms with Crippen LogP contribution in [0.4, 0.5) is 0 Å². The highest BCUT2D eigenvalue weighted by atomic mass is 16.5. The van der Waals surface area contributed by atoms with Crippen LogP contribution < -0.4 is 5.73 Å². The van der Waals surface area contributed by atoms with Gasteiger partial charge >= 0.3 is 0 Å². The summed E-state index contributed by atoms with van der Waals surface area (Å²) in [5, 5.41) is 10.2. The summed E-state index contributed by atoms with van der Waals surface area (Å²) in [6, 6.07) is 6.92. The standard InChI is InChI=1S/C15H24N2O3/c1-4-17(15(19)13(16)10-20-3)9-14(18)12-7-5-11(2)6-8-12/h5-8,13-14,18H,4,9-10,16H2,1-3H3. The van der Waals surface area contributed by atoms with Crippen LogP contribution in [0.3, 0.4) is 0 Å². The Kier molecular flexibility index (Phi) is 6.64. The summed E-state index contributed by atoms with van der Waals surface area (Å²) in [7, 11) is 1.50. The second kappa shape index (κ2) is 7.99. The van der Waals surface area contributed by atoms with E-state index in [2.05, 4.69) is 0 Å². The Bertz CT molecular complexity index is 420. The van der Waals surface area contributed by atoms with E-state index in [9.17, 15) is 9.90 Å². The van der Waals surface area contributed by atoms with E-state index in [-0.39, 0.29) is 19.1 Å². The number of carbonyl (C=O) groups excluding carboxylic acids is 1. The first-order chi connectivity index (χ1) is 9.49. The topological polar surface area (TPSA) is 75.8 Å². The van der Waals surface area contributed by atoms with Crippen LogP contribution >= 0.6 is 0 Å². The van der Waals surface area contributed by atoms with E-state index in [0.717, 1.165) is 11.1 Å². The van der Waals surface area contributed by atoms with Crippen LogP contribution in [0.15, 0.2) is 24.3 Å². The number of rotatable bonds is 7. The van der Waals surface area contributed by atoms with Crippen molar-refractivity contribution in [2.45, 2.75) is 26.0 Å². The third kappa shape index (κ3) is 4.59. The van der Waals surface area contributed by atoms with Crippen molar-refractivity contribution in [3.8, 4) is 0 Å². The molecule has 1 aromatic carbocycles. The molecule has 0 aliphatic carbocycles. The molecule has 2 atom stereocenters. The number of aliphatic hydroxyl groups excluding tert-OH is 1. The predicted molar refractivity (Wildman–Crippen MR) is 78.2 cm³/mol. The molecule has 20 heavy (non-hydrogen) atoms. The van der Waals surface area contributed by atoms with Crippen molar-refractivity contribution >= 4 is 5.91 Å². The zero-order valence-electron chi connectivity index (χ0n) is 12.4. The Morgan fingerprint density at radius 1 is 1.40 bits per heavy atom. The molecule has 5 heteroatoms. The molecule has 0 aliphatic rings. The van der Waals surface area contributed by atoms with Gasteiger partial charge in [-0.1, -0.05) is 29.8 Å². The number of hydrogen-bond donors (Lipinski definition) is 2. The second-order valence-corrected chi connectivity index (χ2v) is 4.87. The first-order valence-corrected chi connectivity index (χ1v) is 6.77. The molecule has 0 saturated heterocycles. The van der Waals surface area contributed by atoms with Crippen LogP contribution in [0.5, 0.6) is 0 Å². The number of aliphatic hydroxyl groups is 1. The average Bonchev–Trinajstić information content (AvgIpc) is 2.44. The van der Waals surface area contributed by atoms with Crippen molar-refractivity contribution in [2.75, 3.05) is 26.8 Å². The second-order valence-electron chi connectivity index (χ2n) is 4.87. The highest BCUT2D eigenvalue weighted by Gasteiger charge is 2.22. The van der Waals surface area contributed by atoms with Gasteiger partial charge in [0.2, 0.25) is 5.91 Å². The van der Waals surface area contributed by atoms with Crippen molar-refractivity contribution in [1.29, 1.82) is 0 Å². The van der Waals surface area contributed by atoms with Gasteiger partial charge in [-0.3, -0.25) is 4.79 Å². The smallest absolute Gasteiger partial charge is 0.241 e. The van der Waals surface area contributed by atoms with E-state index in [1.807, 2.05) is 38.1 Å². The van der Waals surface area contributed by atoms with Gasteiger partial charge in [0.1, 0.15) is 6.04 Å². The minimum atomic E-state index is -0.714. The number of nitrogens with zero attached hydrogens (tertiary/aromatic N) is 1. The number of ether oxygens (including phenoxy) is 1. The lowest BCUT2D eigenvalue weighted by Gasteiger charge is -2.26. The molecule has 1 amide bonds. The fraction of sp³-hybridized carbons (Fsp3) is 0.533. The Hall–Kier alpha value is -1.43. The Morgan fingerprint density at radius 2 is 2.00 bits per heavy atom. The summed E-state index contributed by atoms with van der Waals surface area (Å²) in [5.74, 6) is -0.208. The lowest BCUT2D eigenvalue weighted by Crippen LogP contribution is -2.47. The third-order valence-corrected chi connectivity index (χ3v) is 3.21. The fourth-order valence-corrected chi connectivity index (χ4v) is 1.96. The number of hydrogen-bond acceptors (Lipinski definition) is 4. The Balaban J connectivity index is 2.67. The van der Waals surface area contributed by atoms with Gasteiger partial charge in [0.25, 0.3) is 0 Å². The van der Waals surface area contributed by atoms with Crippen molar-refractivity contribution in [1.82, 2.24) is 4.90 Å². The summed E-state index contributed by atoms with van der Waals surface area (Å²) in [5.41, 5.74) is 7.67. The van der Waals surface area contributed by atoms with Gasteiger partial charge < -0.3 is 20.5 Å². The van der Waals surface area contributed by atoms with Gasteiger partial charge in [-0.25, -0.2) is 0 Å². The number of methoxy groups -OCH3 is 1. The van der Waals surface area contributed by atoms with Crippen LogP contribution in [0.2, 0.25) is 0 Å². The van der Waals surface area contributed by atoms with Gasteiger partial charge in [0.05, 0.1) is 19.3 Å². The summed E-state index contributed by atoms with van der Waals surface area (Å²) in [6.45, 7) is 4.76. The third-order valence-electron chi connectivity index (χ3n) is 3.21. The normalized spacial score (nSPS) is 13.8. The van der Waals surface area contributed by atoms with E-state index in [4.69, 9.17) is 10.5 Å². The van der Waals surface area contributed by atoms with Crippen molar-refractivity contribution in [2.24, 2.45) is 5.73 Å². The Labute approximate surface area is 120 Å². The van der Waals surface area contributed by atoms with Crippen LogP contribution in [0.25, 0.3) is 0 Å². The summed E-state index contributed by atoms with van der Waals surface area (Å²) in [4.78, 5) is 13.6. The molecule has 0 fully saturated rings. The highest BCUT2D eigenvalue weighted by molar-refractivity contribution is 5.81. The molecule has 0 bridgehead atoms. The van der Waals surface area contributed by atoms with Crippen LogP contribution in [-0.4, -0.2) is 48.8 Å². The van der Waals surface area contributed by atoms with E-state index in [1.54, 1.807) is 4.90 Å². The average molecular weight is 280 g/mol. The monoisotopic (exact) mass is 280 g/mol. The lowest BCUT2D eigenvalue weighted by atomic mass is 10.1.